The summed E-state index contributed by atoms with van der Waals surface area (Å²) in [6.07, 6.45) is 5.29. The van der Waals surface area contributed by atoms with Gasteiger partial charge in [-0.1, -0.05) is 37.5 Å². The quantitative estimate of drug-likeness (QED) is 0.895. The van der Waals surface area contributed by atoms with Gasteiger partial charge in [-0.05, 0) is 37.5 Å². The van der Waals surface area contributed by atoms with Crippen LogP contribution in [0.1, 0.15) is 37.7 Å². The Balaban J connectivity index is 1.78. The summed E-state index contributed by atoms with van der Waals surface area (Å²) in [6, 6.07) is 10.3. The molecule has 3 rings (SSSR count). The van der Waals surface area contributed by atoms with Crippen LogP contribution < -0.4 is 5.32 Å². The summed E-state index contributed by atoms with van der Waals surface area (Å²) in [5.41, 5.74) is 1.57. The van der Waals surface area contributed by atoms with Crippen LogP contribution in [0.15, 0.2) is 30.3 Å². The van der Waals surface area contributed by atoms with Gasteiger partial charge >= 0.3 is 0 Å². The van der Waals surface area contributed by atoms with Gasteiger partial charge in [0.1, 0.15) is 5.82 Å². The number of aromatic nitrogens is 1. The van der Waals surface area contributed by atoms with E-state index in [9.17, 15) is 5.11 Å². The van der Waals surface area contributed by atoms with Crippen LogP contribution in [0.5, 0.6) is 0 Å². The van der Waals surface area contributed by atoms with Crippen molar-refractivity contribution >= 4 is 16.7 Å². The molecule has 0 aliphatic heterocycles. The summed E-state index contributed by atoms with van der Waals surface area (Å²) in [4.78, 5) is 4.67. The molecule has 1 heterocycles. The minimum atomic E-state index is -0.558. The Bertz CT molecular complexity index is 603. The number of anilines is 1. The van der Waals surface area contributed by atoms with Crippen LogP contribution in [0.25, 0.3) is 10.9 Å². The van der Waals surface area contributed by atoms with Crippen LogP contribution >= 0.6 is 0 Å². The highest BCUT2D eigenvalue weighted by Crippen LogP contribution is 2.29. The Labute approximate surface area is 120 Å². The molecular formula is C17H22N2O. The highest BCUT2D eigenvalue weighted by Gasteiger charge is 2.29. The zero-order chi connectivity index (χ0) is 14.0. The summed E-state index contributed by atoms with van der Waals surface area (Å²) in [5, 5.41) is 15.1. The maximum absolute atomic E-state index is 10.5. The number of nitrogens with zero attached hydrogens (tertiary/aromatic N) is 1. The second kappa shape index (κ2) is 5.41. The molecule has 3 nitrogen and oxygen atoms in total. The summed E-state index contributed by atoms with van der Waals surface area (Å²) >= 11 is 0. The number of aliphatic hydroxyl groups is 1. The molecule has 0 radical (unpaired) electrons. The first-order chi connectivity index (χ1) is 9.66. The van der Waals surface area contributed by atoms with Gasteiger partial charge in [-0.2, -0.15) is 0 Å². The molecule has 106 valence electrons. The third kappa shape index (κ3) is 2.78. The van der Waals surface area contributed by atoms with Crippen LogP contribution in [0, 0.1) is 6.92 Å². The van der Waals surface area contributed by atoms with E-state index >= 15 is 0 Å². The molecular weight excluding hydrogens is 248 g/mol. The van der Waals surface area contributed by atoms with E-state index in [-0.39, 0.29) is 0 Å². The van der Waals surface area contributed by atoms with E-state index in [2.05, 4.69) is 29.4 Å². The maximum Gasteiger partial charge on any atom is 0.129 e. The average Bonchev–Trinajstić information content (AvgIpc) is 2.46. The van der Waals surface area contributed by atoms with E-state index in [0.717, 1.165) is 48.0 Å². The molecule has 3 heteroatoms. The molecule has 1 fully saturated rings. The van der Waals surface area contributed by atoms with Crippen molar-refractivity contribution < 1.29 is 5.11 Å². The molecule has 2 N–H and O–H groups in total. The number of hydrogen-bond donors (Lipinski definition) is 2. The fourth-order valence-electron chi connectivity index (χ4n) is 3.04. The lowest BCUT2D eigenvalue weighted by atomic mass is 9.85. The van der Waals surface area contributed by atoms with Crippen molar-refractivity contribution in [2.24, 2.45) is 0 Å². The Hall–Kier alpha value is -1.61. The molecule has 1 aliphatic rings. The smallest absolute Gasteiger partial charge is 0.129 e. The summed E-state index contributed by atoms with van der Waals surface area (Å²) < 4.78 is 0. The fourth-order valence-corrected chi connectivity index (χ4v) is 3.04. The molecule has 20 heavy (non-hydrogen) atoms. The van der Waals surface area contributed by atoms with Gasteiger partial charge in [-0.3, -0.25) is 0 Å². The number of hydrogen-bond acceptors (Lipinski definition) is 3. The molecule has 0 atom stereocenters. The third-order valence-corrected chi connectivity index (χ3v) is 4.28. The lowest BCUT2D eigenvalue weighted by Gasteiger charge is -2.32. The zero-order valence-corrected chi connectivity index (χ0v) is 12.0. The number of aryl methyl sites for hydroxylation is 1. The number of para-hydroxylation sites is 1. The first kappa shape index (κ1) is 13.4. The van der Waals surface area contributed by atoms with Crippen molar-refractivity contribution in [3.05, 3.63) is 35.9 Å². The van der Waals surface area contributed by atoms with Gasteiger partial charge in [0.05, 0.1) is 11.1 Å². The van der Waals surface area contributed by atoms with Crippen molar-refractivity contribution in [3.63, 3.8) is 0 Å². The predicted molar refractivity (Wildman–Crippen MR) is 83.0 cm³/mol. The minimum absolute atomic E-state index is 0.558. The maximum atomic E-state index is 10.5. The molecule has 1 aliphatic carbocycles. The van der Waals surface area contributed by atoms with Crippen LogP contribution in [-0.4, -0.2) is 22.2 Å². The zero-order valence-electron chi connectivity index (χ0n) is 12.0. The van der Waals surface area contributed by atoms with Crippen molar-refractivity contribution in [1.82, 2.24) is 4.98 Å². The van der Waals surface area contributed by atoms with Crippen LogP contribution in [-0.2, 0) is 0 Å². The van der Waals surface area contributed by atoms with Crippen molar-refractivity contribution in [2.45, 2.75) is 44.6 Å². The predicted octanol–water partition coefficient (Wildman–Crippen LogP) is 3.65. The lowest BCUT2D eigenvalue weighted by molar-refractivity contribution is 0.0166. The van der Waals surface area contributed by atoms with Gasteiger partial charge in [0.15, 0.2) is 0 Å². The molecule has 0 unspecified atom stereocenters. The van der Waals surface area contributed by atoms with Crippen LogP contribution in [0.3, 0.4) is 0 Å². The van der Waals surface area contributed by atoms with E-state index in [1.165, 1.54) is 6.42 Å². The monoisotopic (exact) mass is 270 g/mol. The summed E-state index contributed by atoms with van der Waals surface area (Å²) in [7, 11) is 0. The van der Waals surface area contributed by atoms with Crippen LogP contribution in [0.2, 0.25) is 0 Å². The lowest BCUT2D eigenvalue weighted by Crippen LogP contribution is -2.39. The SMILES string of the molecule is Cc1cc2ccccc2nc1NCC1(O)CCCCC1. The fraction of sp³-hybridized carbons (Fsp3) is 0.471. The van der Waals surface area contributed by atoms with E-state index in [1.54, 1.807) is 0 Å². The summed E-state index contributed by atoms with van der Waals surface area (Å²) in [6.45, 7) is 2.66. The molecule has 0 spiro atoms. The van der Waals surface area contributed by atoms with Crippen molar-refractivity contribution in [2.75, 3.05) is 11.9 Å². The van der Waals surface area contributed by atoms with Crippen LogP contribution in [0.4, 0.5) is 5.82 Å². The Kier molecular flexibility index (Phi) is 3.62. The topological polar surface area (TPSA) is 45.2 Å². The molecule has 2 aromatic rings. The second-order valence-corrected chi connectivity index (χ2v) is 5.99. The van der Waals surface area contributed by atoms with Gasteiger partial charge in [0.25, 0.3) is 0 Å². The number of nitrogens with one attached hydrogen (secondary N) is 1. The third-order valence-electron chi connectivity index (χ3n) is 4.28. The molecule has 0 saturated heterocycles. The Morgan fingerprint density at radius 2 is 1.95 bits per heavy atom. The Morgan fingerprint density at radius 1 is 1.20 bits per heavy atom. The van der Waals surface area contributed by atoms with E-state index < -0.39 is 5.60 Å². The normalized spacial score (nSPS) is 18.1. The second-order valence-electron chi connectivity index (χ2n) is 5.99. The van der Waals surface area contributed by atoms with Crippen molar-refractivity contribution in [1.29, 1.82) is 0 Å². The number of rotatable bonds is 3. The molecule has 1 saturated carbocycles. The number of benzene rings is 1. The standard InChI is InChI=1S/C17H22N2O/c1-13-11-14-7-3-4-8-15(14)19-16(13)18-12-17(20)9-5-2-6-10-17/h3-4,7-8,11,20H,2,5-6,9-10,12H2,1H3,(H,18,19). The first-order valence-electron chi connectivity index (χ1n) is 7.49. The van der Waals surface area contributed by atoms with Gasteiger partial charge in [-0.15, -0.1) is 0 Å². The van der Waals surface area contributed by atoms with Gasteiger partial charge in [0, 0.05) is 11.9 Å². The molecule has 1 aromatic heterocycles. The van der Waals surface area contributed by atoms with E-state index in [1.807, 2.05) is 18.2 Å². The highest BCUT2D eigenvalue weighted by atomic mass is 16.3. The number of pyridine rings is 1. The number of fused-ring (bicyclic) bond motifs is 1. The Morgan fingerprint density at radius 3 is 2.75 bits per heavy atom. The first-order valence-corrected chi connectivity index (χ1v) is 7.49. The van der Waals surface area contributed by atoms with Crippen molar-refractivity contribution in [3.8, 4) is 0 Å². The van der Waals surface area contributed by atoms with Gasteiger partial charge < -0.3 is 10.4 Å². The minimum Gasteiger partial charge on any atom is -0.388 e. The molecule has 1 aromatic carbocycles. The largest absolute Gasteiger partial charge is 0.388 e. The van der Waals surface area contributed by atoms with E-state index in [0.29, 0.717) is 6.54 Å². The van der Waals surface area contributed by atoms with E-state index in [4.69, 9.17) is 0 Å². The molecule has 0 bridgehead atoms. The summed E-state index contributed by atoms with van der Waals surface area (Å²) in [5.74, 6) is 0.891. The van der Waals surface area contributed by atoms with Gasteiger partial charge in [-0.25, -0.2) is 4.98 Å². The molecule has 0 amide bonds. The average molecular weight is 270 g/mol. The highest BCUT2D eigenvalue weighted by molar-refractivity contribution is 5.81. The van der Waals surface area contributed by atoms with Gasteiger partial charge in [0.2, 0.25) is 0 Å².